The van der Waals surface area contributed by atoms with Gasteiger partial charge in [-0.1, -0.05) is 16.8 Å². The van der Waals surface area contributed by atoms with Gasteiger partial charge in [0.2, 0.25) is 5.91 Å². The maximum Gasteiger partial charge on any atom is 0.276 e. The van der Waals surface area contributed by atoms with E-state index in [4.69, 9.17) is 21.9 Å². The lowest BCUT2D eigenvalue weighted by Gasteiger charge is -2.35. The summed E-state index contributed by atoms with van der Waals surface area (Å²) in [4.78, 5) is 26.4. The van der Waals surface area contributed by atoms with E-state index in [2.05, 4.69) is 10.5 Å². The summed E-state index contributed by atoms with van der Waals surface area (Å²) in [6.45, 7) is 1.37. The van der Waals surface area contributed by atoms with Crippen LogP contribution in [0.2, 0.25) is 5.02 Å². The summed E-state index contributed by atoms with van der Waals surface area (Å²) in [7, 11) is 0. The molecule has 2 heterocycles. The lowest BCUT2D eigenvalue weighted by molar-refractivity contribution is -0.121. The second-order valence-corrected chi connectivity index (χ2v) is 7.01. The fourth-order valence-corrected chi connectivity index (χ4v) is 3.33. The van der Waals surface area contributed by atoms with E-state index in [1.807, 2.05) is 12.1 Å². The highest BCUT2D eigenvalue weighted by molar-refractivity contribution is 6.30. The molecule has 0 radical (unpaired) electrons. The second kappa shape index (κ2) is 10.5. The van der Waals surface area contributed by atoms with Gasteiger partial charge in [0, 0.05) is 48.7 Å². The van der Waals surface area contributed by atoms with Gasteiger partial charge in [-0.3, -0.25) is 9.59 Å². The van der Waals surface area contributed by atoms with Gasteiger partial charge >= 0.3 is 0 Å². The summed E-state index contributed by atoms with van der Waals surface area (Å²) in [6, 6.07) is 8.73. The van der Waals surface area contributed by atoms with Crippen molar-refractivity contribution in [2.45, 2.75) is 31.7 Å². The zero-order chi connectivity index (χ0) is 19.2. The molecule has 0 saturated carbocycles. The Morgan fingerprint density at radius 1 is 1.29 bits per heavy atom. The molecule has 0 bridgehead atoms. The van der Waals surface area contributed by atoms with Crippen LogP contribution in [0, 0.1) is 0 Å². The number of amides is 2. The fraction of sp³-hybridized carbons (Fsp3) is 0.421. The van der Waals surface area contributed by atoms with Crippen LogP contribution < -0.4 is 11.1 Å². The number of rotatable bonds is 6. The monoisotopic (exact) mass is 426 g/mol. The van der Waals surface area contributed by atoms with Crippen molar-refractivity contribution in [1.29, 1.82) is 0 Å². The van der Waals surface area contributed by atoms with Crippen LogP contribution in [-0.4, -0.2) is 47.5 Å². The Hall–Kier alpha value is -2.09. The number of hydrogen-bond donors (Lipinski definition) is 2. The minimum Gasteiger partial charge on any atom is -0.355 e. The van der Waals surface area contributed by atoms with Crippen molar-refractivity contribution in [2.75, 3.05) is 19.6 Å². The molecule has 1 fully saturated rings. The average molecular weight is 427 g/mol. The van der Waals surface area contributed by atoms with Crippen LogP contribution in [0.3, 0.4) is 0 Å². The van der Waals surface area contributed by atoms with Crippen LogP contribution in [0.4, 0.5) is 0 Å². The lowest BCUT2D eigenvalue weighted by atomic mass is 10.0. The van der Waals surface area contributed by atoms with E-state index in [-0.39, 0.29) is 42.4 Å². The van der Waals surface area contributed by atoms with Crippen LogP contribution >= 0.6 is 24.0 Å². The smallest absolute Gasteiger partial charge is 0.276 e. The third kappa shape index (κ3) is 5.47. The lowest BCUT2D eigenvalue weighted by Crippen LogP contribution is -2.49. The Labute approximate surface area is 175 Å². The van der Waals surface area contributed by atoms with Gasteiger partial charge in [0.05, 0.1) is 0 Å². The molecule has 1 saturated heterocycles. The molecule has 0 aliphatic carbocycles. The normalized spacial score (nSPS) is 16.4. The Morgan fingerprint density at radius 2 is 2.04 bits per heavy atom. The van der Waals surface area contributed by atoms with Crippen LogP contribution in [0.1, 0.15) is 36.2 Å². The van der Waals surface area contributed by atoms with E-state index in [1.54, 1.807) is 23.1 Å². The number of halogens is 2. The van der Waals surface area contributed by atoms with Crippen LogP contribution in [-0.2, 0) is 4.79 Å². The van der Waals surface area contributed by atoms with Gasteiger partial charge in [-0.25, -0.2) is 0 Å². The number of piperidine rings is 1. The highest BCUT2D eigenvalue weighted by Crippen LogP contribution is 2.24. The Morgan fingerprint density at radius 3 is 2.75 bits per heavy atom. The number of nitrogens with zero attached hydrogens (tertiary/aromatic N) is 2. The molecule has 2 amide bonds. The predicted octanol–water partition coefficient (Wildman–Crippen LogP) is 2.88. The molecule has 1 unspecified atom stereocenters. The third-order valence-electron chi connectivity index (χ3n) is 4.65. The van der Waals surface area contributed by atoms with Gasteiger partial charge in [-0.2, -0.15) is 0 Å². The maximum absolute atomic E-state index is 12.9. The first-order valence-electron chi connectivity index (χ1n) is 9.09. The molecule has 28 heavy (non-hydrogen) atoms. The maximum atomic E-state index is 12.9. The van der Waals surface area contributed by atoms with E-state index in [9.17, 15) is 9.59 Å². The first kappa shape index (κ1) is 22.2. The van der Waals surface area contributed by atoms with Gasteiger partial charge in [-0.15, -0.1) is 12.4 Å². The second-order valence-electron chi connectivity index (χ2n) is 6.57. The van der Waals surface area contributed by atoms with Gasteiger partial charge < -0.3 is 20.5 Å². The van der Waals surface area contributed by atoms with E-state index >= 15 is 0 Å². The van der Waals surface area contributed by atoms with Crippen molar-refractivity contribution in [1.82, 2.24) is 15.4 Å². The van der Waals surface area contributed by atoms with Crippen molar-refractivity contribution in [3.05, 3.63) is 41.0 Å². The average Bonchev–Trinajstić information content (AvgIpc) is 3.17. The Kier molecular flexibility index (Phi) is 8.29. The SMILES string of the molecule is Cl.NCCC(=O)NCC1CCCCN1C(=O)c1cc(-c2ccc(Cl)cc2)on1. The van der Waals surface area contributed by atoms with Gasteiger partial charge in [-0.05, 0) is 43.5 Å². The summed E-state index contributed by atoms with van der Waals surface area (Å²) < 4.78 is 5.34. The number of likely N-dealkylation sites (tertiary alicyclic amines) is 1. The third-order valence-corrected chi connectivity index (χ3v) is 4.90. The van der Waals surface area contributed by atoms with E-state index < -0.39 is 0 Å². The van der Waals surface area contributed by atoms with Crippen LogP contribution in [0.5, 0.6) is 0 Å². The minimum atomic E-state index is -0.184. The molecule has 152 valence electrons. The summed E-state index contributed by atoms with van der Waals surface area (Å²) in [6.07, 6.45) is 3.09. The largest absolute Gasteiger partial charge is 0.355 e. The molecular weight excluding hydrogens is 403 g/mol. The molecule has 7 nitrogen and oxygen atoms in total. The Balaban J connectivity index is 0.00000280. The highest BCUT2D eigenvalue weighted by atomic mass is 35.5. The molecule has 1 aromatic heterocycles. The van der Waals surface area contributed by atoms with Crippen molar-refractivity contribution < 1.29 is 14.1 Å². The fourth-order valence-electron chi connectivity index (χ4n) is 3.20. The van der Waals surface area contributed by atoms with Crippen molar-refractivity contribution in [2.24, 2.45) is 5.73 Å². The summed E-state index contributed by atoms with van der Waals surface area (Å²) in [5.74, 6) is 0.235. The molecule has 1 aromatic carbocycles. The molecule has 9 heteroatoms. The van der Waals surface area contributed by atoms with Crippen LogP contribution in [0.25, 0.3) is 11.3 Å². The number of aromatic nitrogens is 1. The molecule has 1 aliphatic heterocycles. The number of nitrogens with two attached hydrogens (primary N) is 1. The van der Waals surface area contributed by atoms with Gasteiger partial charge in [0.25, 0.3) is 5.91 Å². The molecule has 1 aliphatic rings. The number of carbonyl (C=O) groups is 2. The first-order chi connectivity index (χ1) is 13.1. The van der Waals surface area contributed by atoms with Crippen LogP contribution in [0.15, 0.2) is 34.9 Å². The molecule has 3 N–H and O–H groups in total. The zero-order valence-corrected chi connectivity index (χ0v) is 17.0. The van der Waals surface area contributed by atoms with E-state index in [0.717, 1.165) is 24.8 Å². The minimum absolute atomic E-state index is 0. The van der Waals surface area contributed by atoms with E-state index in [0.29, 0.717) is 30.4 Å². The molecule has 1 atom stereocenters. The number of carbonyl (C=O) groups excluding carboxylic acids is 2. The van der Waals surface area contributed by atoms with Crippen molar-refractivity contribution >= 4 is 35.8 Å². The standard InChI is InChI=1S/C19H23ClN4O3.ClH/c20-14-6-4-13(5-7-14)17-11-16(23-27-17)19(26)24-10-2-1-3-15(24)12-22-18(25)8-9-21;/h4-7,11,15H,1-3,8-10,12,21H2,(H,22,25);1H. The number of benzene rings is 1. The zero-order valence-electron chi connectivity index (χ0n) is 15.4. The molecular formula is C19H24Cl2N4O3. The van der Waals surface area contributed by atoms with E-state index in [1.165, 1.54) is 0 Å². The number of nitrogens with one attached hydrogen (secondary N) is 1. The number of hydrogen-bond acceptors (Lipinski definition) is 5. The quantitative estimate of drug-likeness (QED) is 0.738. The predicted molar refractivity (Wildman–Crippen MR) is 110 cm³/mol. The molecule has 2 aromatic rings. The van der Waals surface area contributed by atoms with Crippen molar-refractivity contribution in [3.8, 4) is 11.3 Å². The highest BCUT2D eigenvalue weighted by Gasteiger charge is 2.29. The summed E-state index contributed by atoms with van der Waals surface area (Å²) in [5, 5.41) is 7.43. The summed E-state index contributed by atoms with van der Waals surface area (Å²) >= 11 is 5.90. The van der Waals surface area contributed by atoms with Gasteiger partial charge in [0.1, 0.15) is 0 Å². The molecule has 3 rings (SSSR count). The Bertz CT molecular complexity index is 795. The summed E-state index contributed by atoms with van der Waals surface area (Å²) in [5.41, 5.74) is 6.46. The topological polar surface area (TPSA) is 101 Å². The molecule has 0 spiro atoms. The first-order valence-corrected chi connectivity index (χ1v) is 9.46. The van der Waals surface area contributed by atoms with Crippen molar-refractivity contribution in [3.63, 3.8) is 0 Å². The van der Waals surface area contributed by atoms with Gasteiger partial charge in [0.15, 0.2) is 11.5 Å².